The topological polar surface area (TPSA) is 71.8 Å². The maximum Gasteiger partial charge on any atom is 0.242 e. The summed E-state index contributed by atoms with van der Waals surface area (Å²) in [4.78, 5) is 16.3. The molecule has 33 heavy (non-hydrogen) atoms. The molecule has 3 aromatic rings. The summed E-state index contributed by atoms with van der Waals surface area (Å²) >= 11 is 6.13. The maximum absolute atomic E-state index is 6.13. The molecule has 2 bridgehead atoms. The van der Waals surface area contributed by atoms with Crippen molar-refractivity contribution in [2.24, 2.45) is 11.8 Å². The molecular weight excluding hydrogens is 434 g/mol. The quantitative estimate of drug-likeness (QED) is 0.606. The molecule has 2 unspecified atom stereocenters. The molecule has 4 atom stereocenters. The van der Waals surface area contributed by atoms with Gasteiger partial charge >= 0.3 is 0 Å². The van der Waals surface area contributed by atoms with Crippen LogP contribution in [0.3, 0.4) is 0 Å². The van der Waals surface area contributed by atoms with Gasteiger partial charge < -0.3 is 10.2 Å². The summed E-state index contributed by atoms with van der Waals surface area (Å²) in [5.41, 5.74) is 2.29. The number of aromatic nitrogens is 5. The van der Waals surface area contributed by atoms with Crippen LogP contribution in [0.2, 0.25) is 5.02 Å². The SMILES string of the molecule is Cc1cc(N2C[C@H]3CC[C@@H](C2)C3Nc2nc3n(n2)CCCCC3c2ccc(Cl)cc2)ncn1. The van der Waals surface area contributed by atoms with Crippen molar-refractivity contribution in [3.8, 4) is 0 Å². The zero-order valence-electron chi connectivity index (χ0n) is 19.0. The minimum absolute atomic E-state index is 0.271. The van der Waals surface area contributed by atoms with Crippen LogP contribution < -0.4 is 10.2 Å². The van der Waals surface area contributed by atoms with Gasteiger partial charge in [-0.3, -0.25) is 0 Å². The number of piperidine rings is 1. The molecule has 0 amide bonds. The van der Waals surface area contributed by atoms with E-state index >= 15 is 0 Å². The highest BCUT2D eigenvalue weighted by Gasteiger charge is 2.43. The molecule has 172 valence electrons. The normalized spacial score (nSPS) is 26.7. The van der Waals surface area contributed by atoms with Gasteiger partial charge in [0.15, 0.2) is 0 Å². The molecule has 1 saturated heterocycles. The number of hydrogen-bond donors (Lipinski definition) is 1. The summed E-state index contributed by atoms with van der Waals surface area (Å²) in [5.74, 6) is 4.35. The molecule has 7 nitrogen and oxygen atoms in total. The zero-order valence-corrected chi connectivity index (χ0v) is 19.7. The number of hydrogen-bond acceptors (Lipinski definition) is 6. The lowest BCUT2D eigenvalue weighted by atomic mass is 9.92. The second-order valence-electron chi connectivity index (χ2n) is 9.81. The van der Waals surface area contributed by atoms with Crippen molar-refractivity contribution in [2.75, 3.05) is 23.3 Å². The van der Waals surface area contributed by atoms with Crippen LogP contribution in [0.5, 0.6) is 0 Å². The minimum Gasteiger partial charge on any atom is -0.356 e. The minimum atomic E-state index is 0.271. The predicted octanol–water partition coefficient (Wildman–Crippen LogP) is 4.67. The van der Waals surface area contributed by atoms with Crippen LogP contribution in [-0.4, -0.2) is 43.9 Å². The lowest BCUT2D eigenvalue weighted by molar-refractivity contribution is 0.374. The van der Waals surface area contributed by atoms with Gasteiger partial charge in [-0.05, 0) is 62.1 Å². The largest absolute Gasteiger partial charge is 0.356 e. The van der Waals surface area contributed by atoms with Crippen molar-refractivity contribution >= 4 is 23.4 Å². The van der Waals surface area contributed by atoms with Crippen molar-refractivity contribution in [1.82, 2.24) is 24.7 Å². The summed E-state index contributed by atoms with van der Waals surface area (Å²) in [6, 6.07) is 10.7. The number of benzene rings is 1. The highest BCUT2D eigenvalue weighted by molar-refractivity contribution is 6.30. The van der Waals surface area contributed by atoms with Crippen LogP contribution in [0.1, 0.15) is 55.1 Å². The van der Waals surface area contributed by atoms with Crippen LogP contribution in [-0.2, 0) is 6.54 Å². The van der Waals surface area contributed by atoms with E-state index in [0.717, 1.165) is 60.8 Å². The van der Waals surface area contributed by atoms with Crippen molar-refractivity contribution in [1.29, 1.82) is 0 Å². The van der Waals surface area contributed by atoms with Crippen LogP contribution in [0, 0.1) is 18.8 Å². The number of anilines is 2. The number of halogens is 1. The summed E-state index contributed by atoms with van der Waals surface area (Å²) < 4.78 is 2.13. The first-order valence-corrected chi connectivity index (χ1v) is 12.5. The first-order chi connectivity index (χ1) is 16.1. The molecule has 2 fully saturated rings. The molecule has 2 aliphatic heterocycles. The van der Waals surface area contributed by atoms with Crippen LogP contribution in [0.15, 0.2) is 36.7 Å². The van der Waals surface area contributed by atoms with E-state index in [-0.39, 0.29) is 5.92 Å². The fraction of sp³-hybridized carbons (Fsp3) is 0.520. The van der Waals surface area contributed by atoms with Gasteiger partial charge in [0.05, 0.1) is 0 Å². The summed E-state index contributed by atoms with van der Waals surface area (Å²) in [5, 5.41) is 9.45. The van der Waals surface area contributed by atoms with Crippen molar-refractivity contribution < 1.29 is 0 Å². The Bertz CT molecular complexity index is 1110. The fourth-order valence-corrected chi connectivity index (χ4v) is 6.12. The van der Waals surface area contributed by atoms with E-state index in [2.05, 4.69) is 43.1 Å². The van der Waals surface area contributed by atoms with E-state index in [1.807, 2.05) is 19.1 Å². The van der Waals surface area contributed by atoms with Gasteiger partial charge in [-0.2, -0.15) is 4.98 Å². The molecule has 1 aromatic carbocycles. The third-order valence-corrected chi connectivity index (χ3v) is 7.89. The average molecular weight is 464 g/mol. The maximum atomic E-state index is 6.13. The third-order valence-electron chi connectivity index (χ3n) is 7.64. The average Bonchev–Trinajstić information content (AvgIpc) is 3.22. The number of fused-ring (bicyclic) bond motifs is 3. The molecule has 8 heteroatoms. The monoisotopic (exact) mass is 463 g/mol. The van der Waals surface area contributed by atoms with E-state index < -0.39 is 0 Å². The fourth-order valence-electron chi connectivity index (χ4n) is 6.00. The molecule has 1 N–H and O–H groups in total. The zero-order chi connectivity index (χ0) is 22.4. The highest BCUT2D eigenvalue weighted by atomic mass is 35.5. The number of nitrogens with one attached hydrogen (secondary N) is 1. The van der Waals surface area contributed by atoms with Gasteiger partial charge in [0.1, 0.15) is 18.0 Å². The van der Waals surface area contributed by atoms with Gasteiger partial charge in [0.2, 0.25) is 5.95 Å². The van der Waals surface area contributed by atoms with Crippen molar-refractivity contribution in [3.05, 3.63) is 58.8 Å². The Morgan fingerprint density at radius 1 is 1.00 bits per heavy atom. The molecule has 1 saturated carbocycles. The molecule has 0 spiro atoms. The van der Waals surface area contributed by atoms with Gasteiger partial charge in [-0.25, -0.2) is 14.6 Å². The van der Waals surface area contributed by atoms with Crippen LogP contribution >= 0.6 is 11.6 Å². The first-order valence-electron chi connectivity index (χ1n) is 12.1. The van der Waals surface area contributed by atoms with Gasteiger partial charge in [-0.1, -0.05) is 30.2 Å². The Kier molecular flexibility index (Phi) is 5.45. The van der Waals surface area contributed by atoms with Crippen molar-refractivity contribution in [3.63, 3.8) is 0 Å². The van der Waals surface area contributed by atoms with Gasteiger partial charge in [0.25, 0.3) is 0 Å². The molecule has 3 aliphatic rings. The van der Waals surface area contributed by atoms with Crippen LogP contribution in [0.4, 0.5) is 11.8 Å². The van der Waals surface area contributed by atoms with E-state index in [0.29, 0.717) is 17.9 Å². The van der Waals surface area contributed by atoms with E-state index in [1.165, 1.54) is 24.8 Å². The van der Waals surface area contributed by atoms with Gasteiger partial charge in [-0.15, -0.1) is 5.10 Å². The molecule has 1 aliphatic carbocycles. The summed E-state index contributed by atoms with van der Waals surface area (Å²) in [6.07, 6.45) is 7.58. The van der Waals surface area contributed by atoms with E-state index in [4.69, 9.17) is 21.7 Å². The molecule has 2 aromatic heterocycles. The highest BCUT2D eigenvalue weighted by Crippen LogP contribution is 2.40. The first kappa shape index (κ1) is 20.9. The lowest BCUT2D eigenvalue weighted by Gasteiger charge is -2.38. The predicted molar refractivity (Wildman–Crippen MR) is 130 cm³/mol. The smallest absolute Gasteiger partial charge is 0.242 e. The number of rotatable bonds is 4. The lowest BCUT2D eigenvalue weighted by Crippen LogP contribution is -2.48. The molecule has 0 radical (unpaired) electrons. The number of aryl methyl sites for hydroxylation is 2. The van der Waals surface area contributed by atoms with Gasteiger partial charge in [0, 0.05) is 48.4 Å². The second kappa shape index (κ2) is 8.60. The molecule has 4 heterocycles. The molecule has 6 rings (SSSR count). The Balaban J connectivity index is 1.21. The summed E-state index contributed by atoms with van der Waals surface area (Å²) in [7, 11) is 0. The van der Waals surface area contributed by atoms with Crippen LogP contribution in [0.25, 0.3) is 0 Å². The standard InChI is InChI=1S/C25H30ClN7/c1-16-12-22(28-15-27-16)32-13-18-5-6-19(14-32)23(18)29-25-30-24-21(4-2-3-11-33(24)31-25)17-7-9-20(26)10-8-17/h7-10,12,15,18-19,21,23H,2-6,11,13-14H2,1H3,(H,29,31)/t18-,19+,21?,23?. The third kappa shape index (κ3) is 4.07. The van der Waals surface area contributed by atoms with Crippen molar-refractivity contribution in [2.45, 2.75) is 57.5 Å². The number of nitrogens with zero attached hydrogens (tertiary/aromatic N) is 6. The Morgan fingerprint density at radius 2 is 1.79 bits per heavy atom. The second-order valence-corrected chi connectivity index (χ2v) is 10.2. The summed E-state index contributed by atoms with van der Waals surface area (Å²) in [6.45, 7) is 5.00. The Morgan fingerprint density at radius 3 is 2.55 bits per heavy atom. The molecular formula is C25H30ClN7. The van der Waals surface area contributed by atoms with E-state index in [9.17, 15) is 0 Å². The Hall–Kier alpha value is -2.67. The van der Waals surface area contributed by atoms with E-state index in [1.54, 1.807) is 6.33 Å². The Labute approximate surface area is 199 Å².